The van der Waals surface area contributed by atoms with Crippen molar-refractivity contribution in [3.8, 4) is 0 Å². The zero-order chi connectivity index (χ0) is 13.1. The largest absolute Gasteiger partial charge is 0.326 e. The van der Waals surface area contributed by atoms with Crippen LogP contribution in [-0.2, 0) is 14.8 Å². The van der Waals surface area contributed by atoms with Crippen LogP contribution >= 0.6 is 0 Å². The first kappa shape index (κ1) is 13.5. The van der Waals surface area contributed by atoms with Gasteiger partial charge in [0.2, 0.25) is 15.9 Å². The molecule has 94 valence electrons. The first-order chi connectivity index (χ1) is 7.84. The highest BCUT2D eigenvalue weighted by molar-refractivity contribution is 7.92. The SMILES string of the molecule is CCS(=O)(=O)Nc1cc(NC(C)=O)ccc1C. The summed E-state index contributed by atoms with van der Waals surface area (Å²) in [6, 6.07) is 5.07. The molecule has 0 aliphatic rings. The second-order valence-electron chi connectivity index (χ2n) is 3.72. The van der Waals surface area contributed by atoms with Crippen LogP contribution < -0.4 is 10.0 Å². The molecule has 1 rings (SSSR count). The molecule has 0 saturated heterocycles. The number of rotatable bonds is 4. The van der Waals surface area contributed by atoms with Crippen molar-refractivity contribution in [2.24, 2.45) is 0 Å². The summed E-state index contributed by atoms with van der Waals surface area (Å²) < 4.78 is 25.4. The minimum Gasteiger partial charge on any atom is -0.326 e. The molecule has 0 fully saturated rings. The maximum Gasteiger partial charge on any atom is 0.232 e. The van der Waals surface area contributed by atoms with Gasteiger partial charge in [0, 0.05) is 12.6 Å². The molecule has 0 aliphatic carbocycles. The Balaban J connectivity index is 3.03. The van der Waals surface area contributed by atoms with Crippen LogP contribution in [0.4, 0.5) is 11.4 Å². The molecule has 17 heavy (non-hydrogen) atoms. The number of carbonyl (C=O) groups excluding carboxylic acids is 1. The lowest BCUT2D eigenvalue weighted by Gasteiger charge is -2.11. The molecule has 0 heterocycles. The van der Waals surface area contributed by atoms with Crippen LogP contribution in [0, 0.1) is 6.92 Å². The molecule has 2 N–H and O–H groups in total. The van der Waals surface area contributed by atoms with Gasteiger partial charge in [0.05, 0.1) is 11.4 Å². The van der Waals surface area contributed by atoms with E-state index in [9.17, 15) is 13.2 Å². The molecule has 0 radical (unpaired) electrons. The van der Waals surface area contributed by atoms with Crippen molar-refractivity contribution in [2.45, 2.75) is 20.8 Å². The summed E-state index contributed by atoms with van der Waals surface area (Å²) in [4.78, 5) is 10.9. The van der Waals surface area contributed by atoms with Crippen LogP contribution in [0.25, 0.3) is 0 Å². The van der Waals surface area contributed by atoms with E-state index < -0.39 is 10.0 Å². The first-order valence-corrected chi connectivity index (χ1v) is 6.88. The molecule has 0 bridgehead atoms. The molecule has 0 atom stereocenters. The van der Waals surface area contributed by atoms with E-state index in [1.807, 2.05) is 0 Å². The Hall–Kier alpha value is -1.56. The maximum absolute atomic E-state index is 11.5. The van der Waals surface area contributed by atoms with Gasteiger partial charge in [-0.05, 0) is 31.5 Å². The Labute approximate surface area is 101 Å². The van der Waals surface area contributed by atoms with E-state index in [2.05, 4.69) is 10.0 Å². The minimum atomic E-state index is -3.30. The molecular weight excluding hydrogens is 240 g/mol. The van der Waals surface area contributed by atoms with Crippen LogP contribution in [0.2, 0.25) is 0 Å². The Kier molecular flexibility index (Phi) is 4.11. The average molecular weight is 256 g/mol. The topological polar surface area (TPSA) is 75.3 Å². The average Bonchev–Trinajstić information content (AvgIpc) is 2.22. The van der Waals surface area contributed by atoms with Crippen molar-refractivity contribution < 1.29 is 13.2 Å². The lowest BCUT2D eigenvalue weighted by atomic mass is 10.2. The Morgan fingerprint density at radius 1 is 1.35 bits per heavy atom. The fraction of sp³-hybridized carbons (Fsp3) is 0.364. The summed E-state index contributed by atoms with van der Waals surface area (Å²) in [6.07, 6.45) is 0. The summed E-state index contributed by atoms with van der Waals surface area (Å²) in [5.74, 6) is -0.185. The zero-order valence-corrected chi connectivity index (χ0v) is 10.9. The standard InChI is InChI=1S/C11H16N2O3S/c1-4-17(15,16)13-11-7-10(12-9(3)14)6-5-8(11)2/h5-7,13H,4H2,1-3H3,(H,12,14). The number of hydrogen-bond donors (Lipinski definition) is 2. The minimum absolute atomic E-state index is 0.0107. The Morgan fingerprint density at radius 3 is 2.53 bits per heavy atom. The van der Waals surface area contributed by atoms with E-state index in [0.29, 0.717) is 11.4 Å². The van der Waals surface area contributed by atoms with Gasteiger partial charge in [0.1, 0.15) is 0 Å². The van der Waals surface area contributed by atoms with Crippen LogP contribution in [0.5, 0.6) is 0 Å². The summed E-state index contributed by atoms with van der Waals surface area (Å²) in [7, 11) is -3.30. The summed E-state index contributed by atoms with van der Waals surface area (Å²) in [5, 5.41) is 2.60. The number of carbonyl (C=O) groups is 1. The third kappa shape index (κ3) is 4.07. The van der Waals surface area contributed by atoms with E-state index in [1.165, 1.54) is 6.92 Å². The third-order valence-corrected chi connectivity index (χ3v) is 3.49. The van der Waals surface area contributed by atoms with E-state index in [4.69, 9.17) is 0 Å². The fourth-order valence-electron chi connectivity index (χ4n) is 1.25. The van der Waals surface area contributed by atoms with Crippen molar-refractivity contribution in [1.29, 1.82) is 0 Å². The van der Waals surface area contributed by atoms with Crippen LogP contribution in [0.1, 0.15) is 19.4 Å². The Morgan fingerprint density at radius 2 is 2.00 bits per heavy atom. The Bertz CT molecular complexity index is 524. The van der Waals surface area contributed by atoms with Crippen molar-refractivity contribution in [1.82, 2.24) is 0 Å². The van der Waals surface area contributed by atoms with Gasteiger partial charge in [-0.15, -0.1) is 0 Å². The van der Waals surface area contributed by atoms with Gasteiger partial charge in [-0.2, -0.15) is 0 Å². The number of hydrogen-bond acceptors (Lipinski definition) is 3. The molecule has 0 aromatic heterocycles. The molecule has 0 aliphatic heterocycles. The summed E-state index contributed by atoms with van der Waals surface area (Å²) in [5.41, 5.74) is 1.85. The molecule has 5 nitrogen and oxygen atoms in total. The van der Waals surface area contributed by atoms with Crippen molar-refractivity contribution in [3.63, 3.8) is 0 Å². The number of sulfonamides is 1. The highest BCUT2D eigenvalue weighted by atomic mass is 32.2. The van der Waals surface area contributed by atoms with Crippen LogP contribution in [-0.4, -0.2) is 20.1 Å². The predicted octanol–water partition coefficient (Wildman–Crippen LogP) is 1.72. The van der Waals surface area contributed by atoms with Gasteiger partial charge in [-0.3, -0.25) is 9.52 Å². The van der Waals surface area contributed by atoms with E-state index in [0.717, 1.165) is 5.56 Å². The maximum atomic E-state index is 11.5. The molecule has 1 aromatic carbocycles. The normalized spacial score (nSPS) is 11.0. The monoisotopic (exact) mass is 256 g/mol. The number of amides is 1. The molecule has 0 unspecified atom stereocenters. The zero-order valence-electron chi connectivity index (χ0n) is 10.1. The molecule has 1 aromatic rings. The smallest absolute Gasteiger partial charge is 0.232 e. The molecular formula is C11H16N2O3S. The van der Waals surface area contributed by atoms with Crippen molar-refractivity contribution >= 4 is 27.3 Å². The first-order valence-electron chi connectivity index (χ1n) is 5.23. The second kappa shape index (κ2) is 5.18. The van der Waals surface area contributed by atoms with Gasteiger partial charge in [0.25, 0.3) is 0 Å². The van der Waals surface area contributed by atoms with Crippen LogP contribution in [0.3, 0.4) is 0 Å². The van der Waals surface area contributed by atoms with Crippen molar-refractivity contribution in [2.75, 3.05) is 15.8 Å². The van der Waals surface area contributed by atoms with Gasteiger partial charge in [-0.25, -0.2) is 8.42 Å². The number of aryl methyl sites for hydroxylation is 1. The highest BCUT2D eigenvalue weighted by Crippen LogP contribution is 2.21. The molecule has 6 heteroatoms. The van der Waals surface area contributed by atoms with Gasteiger partial charge >= 0.3 is 0 Å². The van der Waals surface area contributed by atoms with Crippen molar-refractivity contribution in [3.05, 3.63) is 23.8 Å². The van der Waals surface area contributed by atoms with Crippen LogP contribution in [0.15, 0.2) is 18.2 Å². The summed E-state index contributed by atoms with van der Waals surface area (Å²) >= 11 is 0. The quantitative estimate of drug-likeness (QED) is 0.861. The number of anilines is 2. The highest BCUT2D eigenvalue weighted by Gasteiger charge is 2.09. The van der Waals surface area contributed by atoms with E-state index >= 15 is 0 Å². The van der Waals surface area contributed by atoms with Gasteiger partial charge in [-0.1, -0.05) is 6.07 Å². The fourth-order valence-corrected chi connectivity index (χ4v) is 1.95. The molecule has 0 spiro atoms. The number of nitrogens with one attached hydrogen (secondary N) is 2. The molecule has 1 amide bonds. The lowest BCUT2D eigenvalue weighted by Crippen LogP contribution is -2.15. The van der Waals surface area contributed by atoms with Gasteiger partial charge in [0.15, 0.2) is 0 Å². The van der Waals surface area contributed by atoms with E-state index in [1.54, 1.807) is 32.0 Å². The number of benzene rings is 1. The molecule has 0 saturated carbocycles. The second-order valence-corrected chi connectivity index (χ2v) is 5.73. The summed E-state index contributed by atoms with van der Waals surface area (Å²) in [6.45, 7) is 4.76. The predicted molar refractivity (Wildman–Crippen MR) is 68.6 cm³/mol. The van der Waals surface area contributed by atoms with Gasteiger partial charge < -0.3 is 5.32 Å². The van der Waals surface area contributed by atoms with E-state index in [-0.39, 0.29) is 11.7 Å². The third-order valence-electron chi connectivity index (χ3n) is 2.20. The lowest BCUT2D eigenvalue weighted by molar-refractivity contribution is -0.114.